The van der Waals surface area contributed by atoms with Crippen LogP contribution in [0.1, 0.15) is 18.9 Å². The van der Waals surface area contributed by atoms with Crippen molar-refractivity contribution in [3.63, 3.8) is 0 Å². The van der Waals surface area contributed by atoms with E-state index in [1.54, 1.807) is 6.07 Å². The average molecular weight is 282 g/mol. The first kappa shape index (κ1) is 13.8. The molecule has 1 aromatic rings. The van der Waals surface area contributed by atoms with Crippen LogP contribution in [0.15, 0.2) is 23.1 Å². The molecule has 0 amide bonds. The highest BCUT2D eigenvalue weighted by molar-refractivity contribution is 7.89. The summed E-state index contributed by atoms with van der Waals surface area (Å²) in [6.07, 6.45) is 0.743. The molecular weight excluding hydrogens is 269 g/mol. The largest absolute Gasteiger partial charge is 0.240 e. The molecular formula is C10H13Cl2NO2S. The zero-order valence-electron chi connectivity index (χ0n) is 8.83. The number of nitrogens with one attached hydrogen (secondary N) is 1. The summed E-state index contributed by atoms with van der Waals surface area (Å²) in [5.41, 5.74) is 0.720. The second kappa shape index (κ2) is 5.87. The van der Waals surface area contributed by atoms with E-state index in [-0.39, 0.29) is 10.8 Å². The molecule has 90 valence electrons. The molecule has 16 heavy (non-hydrogen) atoms. The van der Waals surface area contributed by atoms with Gasteiger partial charge in [-0.1, -0.05) is 24.6 Å². The van der Waals surface area contributed by atoms with Crippen LogP contribution in [0, 0.1) is 0 Å². The van der Waals surface area contributed by atoms with E-state index in [9.17, 15) is 8.42 Å². The molecule has 0 aliphatic rings. The summed E-state index contributed by atoms with van der Waals surface area (Å²) < 4.78 is 26.0. The lowest BCUT2D eigenvalue weighted by Crippen LogP contribution is -2.24. The second-order valence-corrected chi connectivity index (χ2v) is 5.73. The molecule has 0 bridgehead atoms. The zero-order chi connectivity index (χ0) is 12.2. The van der Waals surface area contributed by atoms with Crippen LogP contribution in [0.4, 0.5) is 0 Å². The number of rotatable bonds is 5. The fourth-order valence-corrected chi connectivity index (χ4v) is 2.90. The van der Waals surface area contributed by atoms with Crippen molar-refractivity contribution in [1.29, 1.82) is 0 Å². The van der Waals surface area contributed by atoms with Crippen molar-refractivity contribution in [2.24, 2.45) is 0 Å². The topological polar surface area (TPSA) is 46.2 Å². The van der Waals surface area contributed by atoms with Gasteiger partial charge in [0.2, 0.25) is 10.0 Å². The molecule has 0 saturated heterocycles. The number of sulfonamides is 1. The molecule has 0 fully saturated rings. The van der Waals surface area contributed by atoms with E-state index < -0.39 is 10.0 Å². The van der Waals surface area contributed by atoms with Gasteiger partial charge in [-0.05, 0) is 24.1 Å². The first-order valence-corrected chi connectivity index (χ1v) is 7.25. The van der Waals surface area contributed by atoms with Gasteiger partial charge in [-0.15, -0.1) is 11.6 Å². The first-order valence-electron chi connectivity index (χ1n) is 4.85. The molecule has 0 saturated carbocycles. The highest BCUT2D eigenvalue weighted by atomic mass is 35.5. The van der Waals surface area contributed by atoms with Gasteiger partial charge in [-0.3, -0.25) is 0 Å². The van der Waals surface area contributed by atoms with Crippen LogP contribution < -0.4 is 4.72 Å². The maximum Gasteiger partial charge on any atom is 0.240 e. The van der Waals surface area contributed by atoms with E-state index in [4.69, 9.17) is 23.2 Å². The van der Waals surface area contributed by atoms with E-state index in [2.05, 4.69) is 4.72 Å². The summed E-state index contributed by atoms with van der Waals surface area (Å²) in [5.74, 6) is 0.265. The maximum atomic E-state index is 11.7. The van der Waals surface area contributed by atoms with E-state index in [1.807, 2.05) is 6.92 Å². The highest BCUT2D eigenvalue weighted by Crippen LogP contribution is 2.22. The predicted molar refractivity (Wildman–Crippen MR) is 66.5 cm³/mol. The van der Waals surface area contributed by atoms with Crippen LogP contribution >= 0.6 is 23.2 Å². The number of halogens is 2. The monoisotopic (exact) mass is 281 g/mol. The summed E-state index contributed by atoms with van der Waals surface area (Å²) in [5, 5.41) is 0.370. The molecule has 0 radical (unpaired) electrons. The van der Waals surface area contributed by atoms with Gasteiger partial charge in [0.1, 0.15) is 0 Å². The third-order valence-electron chi connectivity index (χ3n) is 2.02. The van der Waals surface area contributed by atoms with Crippen molar-refractivity contribution in [1.82, 2.24) is 4.72 Å². The van der Waals surface area contributed by atoms with Crippen LogP contribution in [-0.2, 0) is 15.9 Å². The standard InChI is InChI=1S/C10H13Cl2NO2S/c1-2-5-13-16(14,15)9-4-3-8(7-11)10(12)6-9/h3-4,6,13H,2,5,7H2,1H3. The molecule has 6 heteroatoms. The number of alkyl halides is 1. The van der Waals surface area contributed by atoms with E-state index in [1.165, 1.54) is 12.1 Å². The van der Waals surface area contributed by atoms with Crippen molar-refractivity contribution in [3.05, 3.63) is 28.8 Å². The van der Waals surface area contributed by atoms with Crippen molar-refractivity contribution in [2.45, 2.75) is 24.1 Å². The Morgan fingerprint density at radius 2 is 2.06 bits per heavy atom. The fraction of sp³-hybridized carbons (Fsp3) is 0.400. The number of hydrogen-bond acceptors (Lipinski definition) is 2. The minimum absolute atomic E-state index is 0.166. The van der Waals surface area contributed by atoms with Gasteiger partial charge in [0.15, 0.2) is 0 Å². The number of benzene rings is 1. The predicted octanol–water partition coefficient (Wildman–Crippen LogP) is 2.77. The first-order chi connectivity index (χ1) is 7.51. The van der Waals surface area contributed by atoms with Crippen molar-refractivity contribution in [2.75, 3.05) is 6.54 Å². The van der Waals surface area contributed by atoms with Crippen LogP contribution in [0.2, 0.25) is 5.02 Å². The SMILES string of the molecule is CCCNS(=O)(=O)c1ccc(CCl)c(Cl)c1. The van der Waals surface area contributed by atoms with Crippen molar-refractivity contribution >= 4 is 33.2 Å². The van der Waals surface area contributed by atoms with Crippen LogP contribution in [0.25, 0.3) is 0 Å². The van der Waals surface area contributed by atoms with Crippen molar-refractivity contribution < 1.29 is 8.42 Å². The molecule has 1 N–H and O–H groups in total. The van der Waals surface area contributed by atoms with Gasteiger partial charge >= 0.3 is 0 Å². The average Bonchev–Trinajstić information content (AvgIpc) is 2.26. The molecule has 0 spiro atoms. The molecule has 0 aliphatic heterocycles. The summed E-state index contributed by atoms with van der Waals surface area (Å²) in [6.45, 7) is 2.31. The van der Waals surface area contributed by atoms with E-state index >= 15 is 0 Å². The maximum absolute atomic E-state index is 11.7. The minimum atomic E-state index is -3.45. The Morgan fingerprint density at radius 3 is 2.56 bits per heavy atom. The summed E-state index contributed by atoms with van der Waals surface area (Å²) >= 11 is 11.5. The quantitative estimate of drug-likeness (QED) is 0.844. The van der Waals surface area contributed by atoms with E-state index in [0.29, 0.717) is 11.6 Å². The minimum Gasteiger partial charge on any atom is -0.211 e. The molecule has 0 aromatic heterocycles. The van der Waals surface area contributed by atoms with Crippen LogP contribution in [-0.4, -0.2) is 15.0 Å². The summed E-state index contributed by atoms with van der Waals surface area (Å²) in [6, 6.07) is 4.54. The Bertz CT molecular complexity index is 460. The lowest BCUT2D eigenvalue weighted by molar-refractivity contribution is 0.581. The molecule has 1 rings (SSSR count). The van der Waals surface area contributed by atoms with Gasteiger partial charge in [0.05, 0.1) is 4.90 Å². The van der Waals surface area contributed by atoms with Gasteiger partial charge in [0, 0.05) is 17.4 Å². The third-order valence-corrected chi connectivity index (χ3v) is 4.12. The van der Waals surface area contributed by atoms with Gasteiger partial charge in [-0.25, -0.2) is 13.1 Å². The normalized spacial score (nSPS) is 11.7. The summed E-state index contributed by atoms with van der Waals surface area (Å²) in [7, 11) is -3.45. The highest BCUT2D eigenvalue weighted by Gasteiger charge is 2.14. The smallest absolute Gasteiger partial charge is 0.211 e. The Balaban J connectivity index is 3.01. The Labute approximate surface area is 106 Å². The lowest BCUT2D eigenvalue weighted by atomic mass is 10.2. The zero-order valence-corrected chi connectivity index (χ0v) is 11.2. The van der Waals surface area contributed by atoms with Crippen LogP contribution in [0.5, 0.6) is 0 Å². The molecule has 0 heterocycles. The fourth-order valence-electron chi connectivity index (χ4n) is 1.12. The molecule has 0 atom stereocenters. The molecule has 1 aromatic carbocycles. The van der Waals surface area contributed by atoms with Gasteiger partial charge < -0.3 is 0 Å². The second-order valence-electron chi connectivity index (χ2n) is 3.28. The van der Waals surface area contributed by atoms with E-state index in [0.717, 1.165) is 12.0 Å². The third kappa shape index (κ3) is 3.35. The molecule has 3 nitrogen and oxygen atoms in total. The van der Waals surface area contributed by atoms with Crippen molar-refractivity contribution in [3.8, 4) is 0 Å². The Morgan fingerprint density at radius 1 is 1.38 bits per heavy atom. The van der Waals surface area contributed by atoms with Gasteiger partial charge in [0.25, 0.3) is 0 Å². The number of hydrogen-bond donors (Lipinski definition) is 1. The Kier molecular flexibility index (Phi) is 5.05. The lowest BCUT2D eigenvalue weighted by Gasteiger charge is -2.07. The van der Waals surface area contributed by atoms with Crippen LogP contribution in [0.3, 0.4) is 0 Å². The Hall–Kier alpha value is -0.290. The molecule has 0 unspecified atom stereocenters. The molecule has 0 aliphatic carbocycles. The summed E-state index contributed by atoms with van der Waals surface area (Å²) in [4.78, 5) is 0.166. The van der Waals surface area contributed by atoms with Gasteiger partial charge in [-0.2, -0.15) is 0 Å².